The van der Waals surface area contributed by atoms with Crippen molar-refractivity contribution in [2.75, 3.05) is 10.2 Å². The molecule has 0 radical (unpaired) electrons. The molecule has 1 aromatic carbocycles. The van der Waals surface area contributed by atoms with E-state index in [-0.39, 0.29) is 29.0 Å². The number of aromatic nitrogens is 5. The minimum atomic E-state index is -1.17. The number of piperidine rings is 1. The smallest absolute Gasteiger partial charge is 0.356 e. The van der Waals surface area contributed by atoms with Crippen LogP contribution in [0.4, 0.5) is 11.5 Å². The Bertz CT molecular complexity index is 1660. The van der Waals surface area contributed by atoms with Gasteiger partial charge in [-0.05, 0) is 74.8 Å². The van der Waals surface area contributed by atoms with E-state index in [1.54, 1.807) is 12.1 Å². The molecule has 2 aliphatic heterocycles. The van der Waals surface area contributed by atoms with Crippen LogP contribution in [0.15, 0.2) is 36.7 Å². The van der Waals surface area contributed by atoms with Gasteiger partial charge in [-0.1, -0.05) is 17.7 Å². The zero-order chi connectivity index (χ0) is 28.1. The van der Waals surface area contributed by atoms with Crippen molar-refractivity contribution in [1.29, 1.82) is 5.26 Å². The molecule has 40 heavy (non-hydrogen) atoms. The summed E-state index contributed by atoms with van der Waals surface area (Å²) in [6.07, 6.45) is 8.12. The van der Waals surface area contributed by atoms with E-state index in [1.807, 2.05) is 43.9 Å². The molecule has 2 unspecified atom stereocenters. The molecule has 2 saturated heterocycles. The number of hydrogen-bond donors (Lipinski definition) is 2. The van der Waals surface area contributed by atoms with Crippen LogP contribution >= 0.6 is 11.6 Å². The molecule has 4 aromatic rings. The van der Waals surface area contributed by atoms with E-state index >= 15 is 0 Å². The molecule has 0 aliphatic carbocycles. The van der Waals surface area contributed by atoms with Crippen molar-refractivity contribution in [3.05, 3.63) is 69.9 Å². The molecular formula is C29H29ClN8O2. The van der Waals surface area contributed by atoms with Gasteiger partial charge in [0, 0.05) is 30.9 Å². The van der Waals surface area contributed by atoms with E-state index in [1.165, 1.54) is 5.56 Å². The third-order valence-corrected chi connectivity index (χ3v) is 8.32. The summed E-state index contributed by atoms with van der Waals surface area (Å²) in [5.74, 6) is -0.110. The van der Waals surface area contributed by atoms with E-state index in [4.69, 9.17) is 21.6 Å². The van der Waals surface area contributed by atoms with Gasteiger partial charge >= 0.3 is 5.97 Å². The average Bonchev–Trinajstić information content (AvgIpc) is 3.47. The molecule has 3 aromatic heterocycles. The van der Waals surface area contributed by atoms with E-state index in [2.05, 4.69) is 32.6 Å². The highest BCUT2D eigenvalue weighted by molar-refractivity contribution is 6.29. The van der Waals surface area contributed by atoms with Crippen molar-refractivity contribution in [2.45, 2.75) is 63.6 Å². The standard InChI is InChI=1S/C29H29ClN8O2/c1-15-8-21(16(2)33-22-6-7-25(30)35-27(22)29(39)40)26-23(9-15)34-24(12-31)28(36-26)38-19-4-5-20(38)11-17(10-19)18-13-32-37(3)14-18/h6-9,13-14,16-17,19-20,33H,4-5,10-11H2,1-3H3,(H,39,40)/t16-,17?,19?,20?/m1/s1. The van der Waals surface area contributed by atoms with Gasteiger partial charge in [-0.2, -0.15) is 10.4 Å². The summed E-state index contributed by atoms with van der Waals surface area (Å²) in [5, 5.41) is 27.5. The zero-order valence-corrected chi connectivity index (χ0v) is 23.2. The number of halogens is 1. The third kappa shape index (κ3) is 4.60. The molecule has 2 bridgehead atoms. The number of nitrogens with one attached hydrogen (secondary N) is 1. The lowest BCUT2D eigenvalue weighted by Gasteiger charge is -2.40. The summed E-state index contributed by atoms with van der Waals surface area (Å²) < 4.78 is 1.85. The highest BCUT2D eigenvalue weighted by atomic mass is 35.5. The van der Waals surface area contributed by atoms with Gasteiger partial charge in [0.05, 0.1) is 29.0 Å². The largest absolute Gasteiger partial charge is 0.476 e. The Labute approximate surface area is 236 Å². The van der Waals surface area contributed by atoms with Crippen LogP contribution in [0.25, 0.3) is 11.0 Å². The van der Waals surface area contributed by atoms with Crippen LogP contribution in [-0.4, -0.2) is 47.9 Å². The predicted octanol–water partition coefficient (Wildman–Crippen LogP) is 5.38. The van der Waals surface area contributed by atoms with E-state index in [9.17, 15) is 15.2 Å². The average molecular weight is 557 g/mol. The van der Waals surface area contributed by atoms with E-state index in [0.29, 0.717) is 34.2 Å². The Hall–Kier alpha value is -4.23. The van der Waals surface area contributed by atoms with Gasteiger partial charge in [-0.3, -0.25) is 4.68 Å². The monoisotopic (exact) mass is 556 g/mol. The maximum atomic E-state index is 11.8. The highest BCUT2D eigenvalue weighted by Crippen LogP contribution is 2.45. The number of anilines is 2. The van der Waals surface area contributed by atoms with E-state index < -0.39 is 5.97 Å². The Morgan fingerprint density at radius 3 is 2.60 bits per heavy atom. The van der Waals surface area contributed by atoms with Crippen molar-refractivity contribution < 1.29 is 9.90 Å². The number of fused-ring (bicyclic) bond motifs is 3. The quantitative estimate of drug-likeness (QED) is 0.300. The fourth-order valence-corrected chi connectivity index (χ4v) is 6.53. The Kier molecular flexibility index (Phi) is 6.55. The summed E-state index contributed by atoms with van der Waals surface area (Å²) in [6, 6.07) is 9.64. The molecule has 0 saturated carbocycles. The van der Waals surface area contributed by atoms with E-state index in [0.717, 1.165) is 36.8 Å². The van der Waals surface area contributed by atoms with Crippen molar-refractivity contribution in [3.63, 3.8) is 0 Å². The second-order valence-electron chi connectivity index (χ2n) is 10.8. The summed E-state index contributed by atoms with van der Waals surface area (Å²) >= 11 is 5.95. The first-order valence-corrected chi connectivity index (χ1v) is 13.7. The number of aromatic carboxylic acids is 1. The molecular weight excluding hydrogens is 528 g/mol. The fraction of sp³-hybridized carbons (Fsp3) is 0.379. The van der Waals surface area contributed by atoms with Gasteiger partial charge in [-0.25, -0.2) is 19.7 Å². The van der Waals surface area contributed by atoms with Crippen molar-refractivity contribution in [1.82, 2.24) is 24.7 Å². The maximum absolute atomic E-state index is 11.8. The SMILES string of the molecule is Cc1cc([C@@H](C)Nc2ccc(Cl)nc2C(=O)O)c2nc(N3C4CCC3CC(c3cnn(C)c3)C4)c(C#N)nc2c1. The Morgan fingerprint density at radius 1 is 1.20 bits per heavy atom. The Morgan fingerprint density at radius 2 is 1.95 bits per heavy atom. The second-order valence-corrected chi connectivity index (χ2v) is 11.2. The molecule has 2 N–H and O–H groups in total. The van der Waals surface area contributed by atoms with Gasteiger partial charge in [0.2, 0.25) is 0 Å². The van der Waals surface area contributed by atoms with Crippen molar-refractivity contribution in [3.8, 4) is 6.07 Å². The van der Waals surface area contributed by atoms with Gasteiger partial charge in [0.1, 0.15) is 11.2 Å². The van der Waals surface area contributed by atoms with Crippen LogP contribution in [0.3, 0.4) is 0 Å². The lowest BCUT2D eigenvalue weighted by Crippen LogP contribution is -2.43. The van der Waals surface area contributed by atoms with Crippen LogP contribution in [0.5, 0.6) is 0 Å². The van der Waals surface area contributed by atoms with Crippen LogP contribution < -0.4 is 10.2 Å². The molecule has 6 rings (SSSR count). The van der Waals surface area contributed by atoms with Crippen molar-refractivity contribution in [2.24, 2.45) is 7.05 Å². The summed E-state index contributed by atoms with van der Waals surface area (Å²) in [6.45, 7) is 3.91. The van der Waals surface area contributed by atoms with Crippen molar-refractivity contribution >= 4 is 40.1 Å². The molecule has 2 aliphatic rings. The third-order valence-electron chi connectivity index (χ3n) is 8.11. The summed E-state index contributed by atoms with van der Waals surface area (Å²) in [4.78, 5) is 28.0. The number of hydrogen-bond acceptors (Lipinski definition) is 8. The predicted molar refractivity (Wildman–Crippen MR) is 152 cm³/mol. The first-order valence-electron chi connectivity index (χ1n) is 13.4. The molecule has 204 valence electrons. The number of nitrogens with zero attached hydrogens (tertiary/aromatic N) is 7. The minimum absolute atomic E-state index is 0.109. The number of benzene rings is 1. The fourth-order valence-electron chi connectivity index (χ4n) is 6.38. The van der Waals surface area contributed by atoms with Gasteiger partial charge in [0.15, 0.2) is 17.2 Å². The summed E-state index contributed by atoms with van der Waals surface area (Å²) in [5.41, 5.74) is 4.95. The molecule has 10 nitrogen and oxygen atoms in total. The number of aryl methyl sites for hydroxylation is 2. The lowest BCUT2D eigenvalue weighted by atomic mass is 9.86. The first-order chi connectivity index (χ1) is 19.2. The summed E-state index contributed by atoms with van der Waals surface area (Å²) in [7, 11) is 1.94. The molecule has 2 fully saturated rings. The number of pyridine rings is 1. The van der Waals surface area contributed by atoms with Gasteiger partial charge in [-0.15, -0.1) is 0 Å². The number of carboxylic acids is 1. The Balaban J connectivity index is 1.38. The first kappa shape index (κ1) is 26.0. The minimum Gasteiger partial charge on any atom is -0.476 e. The second kappa shape index (κ2) is 10.1. The highest BCUT2D eigenvalue weighted by Gasteiger charge is 2.43. The molecule has 0 amide bonds. The number of nitriles is 1. The molecule has 3 atom stereocenters. The molecule has 0 spiro atoms. The van der Waals surface area contributed by atoms with Crippen LogP contribution in [0, 0.1) is 18.3 Å². The molecule has 5 heterocycles. The van der Waals surface area contributed by atoms with Crippen LogP contribution in [-0.2, 0) is 7.05 Å². The van der Waals surface area contributed by atoms with Crippen LogP contribution in [0.2, 0.25) is 5.15 Å². The zero-order valence-electron chi connectivity index (χ0n) is 22.5. The van der Waals surface area contributed by atoms with Gasteiger partial charge in [0.25, 0.3) is 0 Å². The maximum Gasteiger partial charge on any atom is 0.356 e. The van der Waals surface area contributed by atoms with Crippen LogP contribution in [0.1, 0.15) is 77.4 Å². The number of rotatable bonds is 6. The lowest BCUT2D eigenvalue weighted by molar-refractivity contribution is 0.0691. The number of carbonyl (C=O) groups is 1. The molecule has 11 heteroatoms. The normalized spacial score (nSPS) is 20.9. The number of carboxylic acid groups (broad SMARTS) is 1. The topological polar surface area (TPSA) is 133 Å². The van der Waals surface area contributed by atoms with Gasteiger partial charge < -0.3 is 15.3 Å².